The van der Waals surface area contributed by atoms with Gasteiger partial charge in [0, 0.05) is 35.6 Å². The first-order valence-corrected chi connectivity index (χ1v) is 11.1. The number of ether oxygens (including phenoxy) is 1. The first kappa shape index (κ1) is 24.6. The van der Waals surface area contributed by atoms with E-state index in [0.29, 0.717) is 12.3 Å². The highest BCUT2D eigenvalue weighted by Gasteiger charge is 2.20. The third-order valence-corrected chi connectivity index (χ3v) is 4.68. The highest BCUT2D eigenvalue weighted by atomic mass is 32.2. The largest absolute Gasteiger partial charge is 0.470 e. The highest BCUT2D eigenvalue weighted by Crippen LogP contribution is 2.26. The van der Waals surface area contributed by atoms with Crippen molar-refractivity contribution in [2.75, 3.05) is 0 Å². The highest BCUT2D eigenvalue weighted by molar-refractivity contribution is 8.04. The Morgan fingerprint density at radius 1 is 1.28 bits per heavy atom. The van der Waals surface area contributed by atoms with E-state index in [1.165, 1.54) is 0 Å². The van der Waals surface area contributed by atoms with Crippen molar-refractivity contribution in [3.8, 4) is 0 Å². The summed E-state index contributed by atoms with van der Waals surface area (Å²) >= 11 is 1.56. The van der Waals surface area contributed by atoms with Crippen LogP contribution >= 0.6 is 11.8 Å². The quantitative estimate of drug-likeness (QED) is 0.641. The molecule has 3 rings (SSSR count). The van der Waals surface area contributed by atoms with E-state index in [1.54, 1.807) is 24.2 Å². The standard InChI is InChI=1S/C18H22N4O2S.2C2H6/c1-12(2)15-11-20-17(24-15)6-5-14-10-21-18(25-14)22-16(23)8-13-4-3-7-19-9-13;2*1-2/h3-7,9-12,17-18,20-21H,8H2,1-2H3,(H,22,23);2*1-2H3/b6-5+;;. The van der Waals surface area contributed by atoms with Gasteiger partial charge in [0.05, 0.1) is 6.42 Å². The summed E-state index contributed by atoms with van der Waals surface area (Å²) in [6, 6.07) is 3.72. The number of rotatable bonds is 6. The number of nitrogens with one attached hydrogen (secondary N) is 3. The summed E-state index contributed by atoms with van der Waals surface area (Å²) in [5.41, 5.74) is 0.736. The Labute approximate surface area is 179 Å². The number of carbonyl (C=O) groups excluding carboxylic acids is 1. The van der Waals surface area contributed by atoms with E-state index in [2.05, 4.69) is 34.8 Å². The number of carbonyl (C=O) groups is 1. The lowest BCUT2D eigenvalue weighted by Gasteiger charge is -2.13. The van der Waals surface area contributed by atoms with E-state index in [1.807, 2.05) is 64.4 Å². The van der Waals surface area contributed by atoms with Gasteiger partial charge in [-0.25, -0.2) is 0 Å². The molecule has 2 aliphatic rings. The fraction of sp³-hybridized carbons (Fsp3) is 0.455. The van der Waals surface area contributed by atoms with Crippen LogP contribution in [0.1, 0.15) is 47.1 Å². The Hall–Kier alpha value is -2.41. The first-order chi connectivity index (χ1) is 14.1. The molecule has 6 nitrogen and oxygen atoms in total. The van der Waals surface area contributed by atoms with Crippen LogP contribution in [0.15, 0.2) is 59.7 Å². The van der Waals surface area contributed by atoms with E-state index >= 15 is 0 Å². The number of pyridine rings is 1. The lowest BCUT2D eigenvalue weighted by atomic mass is 10.2. The van der Waals surface area contributed by atoms with E-state index < -0.39 is 0 Å². The van der Waals surface area contributed by atoms with Crippen molar-refractivity contribution in [2.45, 2.75) is 59.7 Å². The molecule has 0 bridgehead atoms. The fourth-order valence-corrected chi connectivity index (χ4v) is 3.26. The zero-order valence-electron chi connectivity index (χ0n) is 18.2. The summed E-state index contributed by atoms with van der Waals surface area (Å²) in [6.07, 6.45) is 11.3. The topological polar surface area (TPSA) is 75.3 Å². The van der Waals surface area contributed by atoms with Gasteiger partial charge in [-0.15, -0.1) is 0 Å². The monoisotopic (exact) mass is 418 g/mol. The second-order valence-corrected chi connectivity index (χ2v) is 7.26. The Morgan fingerprint density at radius 2 is 2.03 bits per heavy atom. The summed E-state index contributed by atoms with van der Waals surface area (Å²) in [5, 5.41) is 9.28. The fourth-order valence-electron chi connectivity index (χ4n) is 2.36. The normalized spacial score (nSPS) is 19.6. The second-order valence-electron chi connectivity index (χ2n) is 6.08. The molecular formula is C22H34N4O2S. The lowest BCUT2D eigenvalue weighted by Crippen LogP contribution is -2.39. The van der Waals surface area contributed by atoms with Crippen LogP contribution in [0, 0.1) is 5.92 Å². The maximum absolute atomic E-state index is 12.1. The number of allylic oxidation sites excluding steroid dienone is 2. The van der Waals surface area contributed by atoms with Crippen molar-refractivity contribution >= 4 is 17.7 Å². The molecule has 0 saturated heterocycles. The van der Waals surface area contributed by atoms with Crippen LogP contribution in [0.25, 0.3) is 0 Å². The number of hydrogen-bond donors (Lipinski definition) is 3. The molecule has 2 unspecified atom stereocenters. The SMILES string of the molecule is CC.CC.CC(C)C1=CNC(/C=C/C2=CNC(NC(=O)Cc3cccnc3)S2)O1. The second kappa shape index (κ2) is 13.7. The van der Waals surface area contributed by atoms with Crippen LogP contribution in [0.3, 0.4) is 0 Å². The van der Waals surface area contributed by atoms with Gasteiger partial charge in [0.25, 0.3) is 0 Å². The number of amides is 1. The summed E-state index contributed by atoms with van der Waals surface area (Å²) in [7, 11) is 0. The number of nitrogens with zero attached hydrogens (tertiary/aromatic N) is 1. The van der Waals surface area contributed by atoms with Gasteiger partial charge in [-0.05, 0) is 23.8 Å². The minimum atomic E-state index is -0.161. The number of thioether (sulfide) groups is 1. The molecule has 1 aromatic heterocycles. The maximum Gasteiger partial charge on any atom is 0.226 e. The molecule has 3 N–H and O–H groups in total. The zero-order valence-corrected chi connectivity index (χ0v) is 19.0. The van der Waals surface area contributed by atoms with E-state index in [-0.39, 0.29) is 17.6 Å². The molecule has 1 amide bonds. The van der Waals surface area contributed by atoms with Crippen LogP contribution in [0.2, 0.25) is 0 Å². The summed E-state index contributed by atoms with van der Waals surface area (Å²) in [4.78, 5) is 17.1. The maximum atomic E-state index is 12.1. The number of hydrogen-bond acceptors (Lipinski definition) is 6. The molecule has 29 heavy (non-hydrogen) atoms. The molecule has 2 aliphatic heterocycles. The molecule has 7 heteroatoms. The Bertz CT molecular complexity index is 702. The van der Waals surface area contributed by atoms with Crippen molar-refractivity contribution in [1.82, 2.24) is 20.9 Å². The van der Waals surface area contributed by atoms with Gasteiger partial charge in [0.1, 0.15) is 5.76 Å². The molecule has 0 aromatic carbocycles. The smallest absolute Gasteiger partial charge is 0.226 e. The molecule has 0 fully saturated rings. The van der Waals surface area contributed by atoms with Gasteiger partial charge in [0.2, 0.25) is 5.91 Å². The molecule has 1 aromatic rings. The molecule has 3 heterocycles. The molecule has 0 radical (unpaired) electrons. The lowest BCUT2D eigenvalue weighted by molar-refractivity contribution is -0.120. The van der Waals surface area contributed by atoms with Gasteiger partial charge in [-0.2, -0.15) is 0 Å². The van der Waals surface area contributed by atoms with Crippen LogP contribution < -0.4 is 16.0 Å². The van der Waals surface area contributed by atoms with Crippen molar-refractivity contribution in [3.63, 3.8) is 0 Å². The van der Waals surface area contributed by atoms with Crippen molar-refractivity contribution in [3.05, 3.63) is 65.3 Å². The van der Waals surface area contributed by atoms with Crippen molar-refractivity contribution in [2.24, 2.45) is 5.92 Å². The third-order valence-electron chi connectivity index (χ3n) is 3.67. The minimum absolute atomic E-state index is 0.0387. The summed E-state index contributed by atoms with van der Waals surface area (Å²) in [5.74, 6) is 1.29. The predicted octanol–water partition coefficient (Wildman–Crippen LogP) is 4.25. The molecule has 2 atom stereocenters. The number of aromatic nitrogens is 1. The minimum Gasteiger partial charge on any atom is -0.470 e. The third kappa shape index (κ3) is 8.64. The van der Waals surface area contributed by atoms with Gasteiger partial charge >= 0.3 is 0 Å². The summed E-state index contributed by atoms with van der Waals surface area (Å²) in [6.45, 7) is 12.2. The average Bonchev–Trinajstić information content (AvgIpc) is 3.40. The van der Waals surface area contributed by atoms with Gasteiger partial charge in [0.15, 0.2) is 11.7 Å². The molecule has 0 aliphatic carbocycles. The Kier molecular flexibility index (Phi) is 11.6. The van der Waals surface area contributed by atoms with Crippen LogP contribution in [0.4, 0.5) is 0 Å². The molecular weight excluding hydrogens is 384 g/mol. The summed E-state index contributed by atoms with van der Waals surface area (Å²) < 4.78 is 5.77. The van der Waals surface area contributed by atoms with Crippen LogP contribution in [-0.2, 0) is 16.0 Å². The van der Waals surface area contributed by atoms with Crippen LogP contribution in [-0.4, -0.2) is 22.6 Å². The predicted molar refractivity (Wildman–Crippen MR) is 121 cm³/mol. The van der Waals surface area contributed by atoms with Crippen LogP contribution in [0.5, 0.6) is 0 Å². The first-order valence-electron chi connectivity index (χ1n) is 10.2. The van der Waals surface area contributed by atoms with Gasteiger partial charge in [-0.1, -0.05) is 59.4 Å². The van der Waals surface area contributed by atoms with E-state index in [9.17, 15) is 4.79 Å². The van der Waals surface area contributed by atoms with Crippen molar-refractivity contribution < 1.29 is 9.53 Å². The zero-order chi connectivity index (χ0) is 21.6. The molecule has 0 spiro atoms. The average molecular weight is 419 g/mol. The Morgan fingerprint density at radius 3 is 2.66 bits per heavy atom. The Balaban J connectivity index is 0.000000989. The van der Waals surface area contributed by atoms with Crippen molar-refractivity contribution in [1.29, 1.82) is 0 Å². The van der Waals surface area contributed by atoms with E-state index in [4.69, 9.17) is 4.74 Å². The van der Waals surface area contributed by atoms with E-state index in [0.717, 1.165) is 16.2 Å². The molecule has 160 valence electrons. The van der Waals surface area contributed by atoms with Gasteiger partial charge < -0.3 is 20.7 Å². The van der Waals surface area contributed by atoms with Gasteiger partial charge in [-0.3, -0.25) is 9.78 Å². The molecule has 0 saturated carbocycles.